The molecule has 3 heteroatoms. The molecule has 2 rings (SSSR count). The summed E-state index contributed by atoms with van der Waals surface area (Å²) in [5.74, 6) is 0. The van der Waals surface area contributed by atoms with Crippen molar-refractivity contribution in [2.75, 3.05) is 6.54 Å². The lowest BCUT2D eigenvalue weighted by molar-refractivity contribution is 0.273. The zero-order valence-electron chi connectivity index (χ0n) is 11.8. The maximum Gasteiger partial charge on any atom is 0.0595 e. The van der Waals surface area contributed by atoms with E-state index < -0.39 is 0 Å². The molecule has 0 aliphatic heterocycles. The van der Waals surface area contributed by atoms with Gasteiger partial charge in [0.25, 0.3) is 0 Å². The predicted octanol–water partition coefficient (Wildman–Crippen LogP) is 5.19. The molecule has 0 saturated heterocycles. The fourth-order valence-electron chi connectivity index (χ4n) is 3.02. The number of hydrogen-bond donors (Lipinski definition) is 1. The molecule has 1 fully saturated rings. The van der Waals surface area contributed by atoms with Crippen LogP contribution in [0.2, 0.25) is 10.0 Å². The molecular formula is C16H23Cl2N. The molecular weight excluding hydrogens is 277 g/mol. The van der Waals surface area contributed by atoms with Crippen LogP contribution >= 0.6 is 23.2 Å². The van der Waals surface area contributed by atoms with Crippen molar-refractivity contribution in [2.24, 2.45) is 0 Å². The van der Waals surface area contributed by atoms with Crippen LogP contribution in [0.5, 0.6) is 0 Å². The Morgan fingerprint density at radius 1 is 1.11 bits per heavy atom. The van der Waals surface area contributed by atoms with Gasteiger partial charge < -0.3 is 5.32 Å². The molecule has 1 aromatic carbocycles. The molecule has 0 radical (unpaired) electrons. The first kappa shape index (κ1) is 15.2. The van der Waals surface area contributed by atoms with Gasteiger partial charge in [-0.3, -0.25) is 0 Å². The van der Waals surface area contributed by atoms with E-state index in [2.05, 4.69) is 31.3 Å². The highest BCUT2D eigenvalue weighted by Crippen LogP contribution is 2.40. The first-order valence-corrected chi connectivity index (χ1v) is 7.98. The Kier molecular flexibility index (Phi) is 5.16. The third kappa shape index (κ3) is 3.65. The SMILES string of the molecule is CC(C)NCC1(c2ccc(Cl)c(Cl)c2)CCCCC1. The van der Waals surface area contributed by atoms with E-state index in [1.165, 1.54) is 37.7 Å². The highest BCUT2D eigenvalue weighted by Gasteiger charge is 2.34. The van der Waals surface area contributed by atoms with Crippen LogP contribution in [-0.4, -0.2) is 12.6 Å². The average molecular weight is 300 g/mol. The molecule has 0 spiro atoms. The highest BCUT2D eigenvalue weighted by molar-refractivity contribution is 6.42. The second kappa shape index (κ2) is 6.47. The van der Waals surface area contributed by atoms with E-state index in [0.717, 1.165) is 6.54 Å². The van der Waals surface area contributed by atoms with Crippen LogP contribution in [0, 0.1) is 0 Å². The third-order valence-corrected chi connectivity index (χ3v) is 4.93. The zero-order chi connectivity index (χ0) is 13.9. The summed E-state index contributed by atoms with van der Waals surface area (Å²) < 4.78 is 0. The van der Waals surface area contributed by atoms with Crippen molar-refractivity contribution < 1.29 is 0 Å². The van der Waals surface area contributed by atoms with E-state index in [1.807, 2.05) is 6.07 Å². The summed E-state index contributed by atoms with van der Waals surface area (Å²) in [5, 5.41) is 4.93. The van der Waals surface area contributed by atoms with Crippen molar-refractivity contribution in [1.82, 2.24) is 5.32 Å². The first-order valence-electron chi connectivity index (χ1n) is 7.22. The van der Waals surface area contributed by atoms with Crippen LogP contribution in [0.3, 0.4) is 0 Å². The lowest BCUT2D eigenvalue weighted by Crippen LogP contribution is -2.42. The molecule has 1 aliphatic rings. The summed E-state index contributed by atoms with van der Waals surface area (Å²) in [5.41, 5.74) is 1.58. The molecule has 1 aliphatic carbocycles. The van der Waals surface area contributed by atoms with E-state index in [1.54, 1.807) is 0 Å². The number of rotatable bonds is 4. The minimum absolute atomic E-state index is 0.233. The lowest BCUT2D eigenvalue weighted by Gasteiger charge is -2.39. The quantitative estimate of drug-likeness (QED) is 0.806. The Hall–Kier alpha value is -0.240. The van der Waals surface area contributed by atoms with Crippen LogP contribution in [0.1, 0.15) is 51.5 Å². The number of halogens is 2. The minimum atomic E-state index is 0.233. The van der Waals surface area contributed by atoms with Crippen LogP contribution in [0.15, 0.2) is 18.2 Å². The van der Waals surface area contributed by atoms with Crippen LogP contribution in [0.4, 0.5) is 0 Å². The maximum atomic E-state index is 6.21. The Balaban J connectivity index is 2.27. The van der Waals surface area contributed by atoms with Gasteiger partial charge >= 0.3 is 0 Å². The summed E-state index contributed by atoms with van der Waals surface area (Å²) in [7, 11) is 0. The molecule has 19 heavy (non-hydrogen) atoms. The predicted molar refractivity (Wildman–Crippen MR) is 84.4 cm³/mol. The van der Waals surface area contributed by atoms with Gasteiger partial charge in [0, 0.05) is 18.0 Å². The van der Waals surface area contributed by atoms with E-state index in [4.69, 9.17) is 23.2 Å². The largest absolute Gasteiger partial charge is 0.314 e. The van der Waals surface area contributed by atoms with E-state index in [-0.39, 0.29) is 5.41 Å². The summed E-state index contributed by atoms with van der Waals surface area (Å²) >= 11 is 12.3. The second-order valence-electron chi connectivity index (χ2n) is 6.01. The summed E-state index contributed by atoms with van der Waals surface area (Å²) in [6.07, 6.45) is 6.44. The van der Waals surface area contributed by atoms with Crippen molar-refractivity contribution in [1.29, 1.82) is 0 Å². The van der Waals surface area contributed by atoms with Gasteiger partial charge in [0.15, 0.2) is 0 Å². The normalized spacial score (nSPS) is 18.8. The molecule has 0 heterocycles. The molecule has 1 aromatic rings. The molecule has 1 N–H and O–H groups in total. The van der Waals surface area contributed by atoms with E-state index >= 15 is 0 Å². The summed E-state index contributed by atoms with van der Waals surface area (Å²) in [6.45, 7) is 5.43. The molecule has 0 unspecified atom stereocenters. The lowest BCUT2D eigenvalue weighted by atomic mass is 9.69. The molecule has 0 bridgehead atoms. The van der Waals surface area contributed by atoms with E-state index in [9.17, 15) is 0 Å². The number of hydrogen-bond acceptors (Lipinski definition) is 1. The van der Waals surface area contributed by atoms with Crippen LogP contribution in [-0.2, 0) is 5.41 Å². The second-order valence-corrected chi connectivity index (χ2v) is 6.82. The maximum absolute atomic E-state index is 6.21. The van der Waals surface area contributed by atoms with Gasteiger partial charge in [-0.25, -0.2) is 0 Å². The molecule has 0 amide bonds. The van der Waals surface area contributed by atoms with Crippen molar-refractivity contribution in [3.63, 3.8) is 0 Å². The Morgan fingerprint density at radius 3 is 2.37 bits per heavy atom. The Morgan fingerprint density at radius 2 is 1.79 bits per heavy atom. The fraction of sp³-hybridized carbons (Fsp3) is 0.625. The van der Waals surface area contributed by atoms with Gasteiger partial charge in [-0.2, -0.15) is 0 Å². The highest BCUT2D eigenvalue weighted by atomic mass is 35.5. The molecule has 1 saturated carbocycles. The van der Waals surface area contributed by atoms with Crippen molar-refractivity contribution in [2.45, 2.75) is 57.4 Å². The molecule has 0 atom stereocenters. The smallest absolute Gasteiger partial charge is 0.0595 e. The van der Waals surface area contributed by atoms with Crippen molar-refractivity contribution in [3.8, 4) is 0 Å². The topological polar surface area (TPSA) is 12.0 Å². The number of nitrogens with one attached hydrogen (secondary N) is 1. The standard InChI is InChI=1S/C16H23Cl2N/c1-12(2)19-11-16(8-4-3-5-9-16)13-6-7-14(17)15(18)10-13/h6-7,10,12,19H,3-5,8-9,11H2,1-2H3. The van der Waals surface area contributed by atoms with Crippen molar-refractivity contribution >= 4 is 23.2 Å². The number of benzene rings is 1. The Bertz CT molecular complexity index is 423. The van der Waals surface area contributed by atoms with Gasteiger partial charge in [-0.1, -0.05) is 62.4 Å². The summed E-state index contributed by atoms with van der Waals surface area (Å²) in [4.78, 5) is 0. The third-order valence-electron chi connectivity index (χ3n) is 4.19. The molecule has 0 aromatic heterocycles. The van der Waals surface area contributed by atoms with Crippen LogP contribution < -0.4 is 5.32 Å². The summed E-state index contributed by atoms with van der Waals surface area (Å²) in [6, 6.07) is 6.67. The van der Waals surface area contributed by atoms with Gasteiger partial charge in [0.05, 0.1) is 10.0 Å². The average Bonchev–Trinajstić information content (AvgIpc) is 2.40. The fourth-order valence-corrected chi connectivity index (χ4v) is 3.32. The van der Waals surface area contributed by atoms with Gasteiger partial charge in [0.1, 0.15) is 0 Å². The minimum Gasteiger partial charge on any atom is -0.314 e. The van der Waals surface area contributed by atoms with Gasteiger partial charge in [-0.15, -0.1) is 0 Å². The zero-order valence-corrected chi connectivity index (χ0v) is 13.3. The molecule has 106 valence electrons. The van der Waals surface area contributed by atoms with Crippen molar-refractivity contribution in [3.05, 3.63) is 33.8 Å². The van der Waals surface area contributed by atoms with Gasteiger partial charge in [-0.05, 0) is 30.5 Å². The van der Waals surface area contributed by atoms with Crippen LogP contribution in [0.25, 0.3) is 0 Å². The molecule has 1 nitrogen and oxygen atoms in total. The van der Waals surface area contributed by atoms with E-state index in [0.29, 0.717) is 16.1 Å². The first-order chi connectivity index (χ1) is 9.03. The monoisotopic (exact) mass is 299 g/mol. The van der Waals surface area contributed by atoms with Gasteiger partial charge in [0.2, 0.25) is 0 Å². The Labute approximate surface area is 126 Å².